The van der Waals surface area contributed by atoms with E-state index in [4.69, 9.17) is 28.4 Å². The van der Waals surface area contributed by atoms with Crippen molar-refractivity contribution in [1.29, 1.82) is 0 Å². The van der Waals surface area contributed by atoms with Gasteiger partial charge in [-0.15, -0.1) is 0 Å². The van der Waals surface area contributed by atoms with Crippen LogP contribution in [0.1, 0.15) is 16.7 Å². The van der Waals surface area contributed by atoms with Gasteiger partial charge in [-0.1, -0.05) is 91.0 Å². The van der Waals surface area contributed by atoms with E-state index in [1.165, 1.54) is 27.4 Å². The predicted molar refractivity (Wildman–Crippen MR) is 172 cm³/mol. The lowest BCUT2D eigenvalue weighted by molar-refractivity contribution is -0.157. The van der Waals surface area contributed by atoms with Crippen molar-refractivity contribution < 1.29 is 38.0 Å². The molecule has 4 aromatic carbocycles. The highest BCUT2D eigenvalue weighted by Crippen LogP contribution is 2.37. The molecule has 0 saturated carbocycles. The number of aromatic nitrogens is 2. The Kier molecular flexibility index (Phi) is 10.5. The van der Waals surface area contributed by atoms with E-state index in [1.54, 1.807) is 72.8 Å². The summed E-state index contributed by atoms with van der Waals surface area (Å²) in [6, 6.07) is 34.6. The van der Waals surface area contributed by atoms with Crippen molar-refractivity contribution in [2.24, 2.45) is 0 Å². The van der Waals surface area contributed by atoms with Gasteiger partial charge in [0, 0.05) is 0 Å². The van der Waals surface area contributed by atoms with Gasteiger partial charge < -0.3 is 33.7 Å². The smallest absolute Gasteiger partial charge is 0.413 e. The highest BCUT2D eigenvalue weighted by molar-refractivity contribution is 5.82. The largest absolute Gasteiger partial charge is 0.497 e. The molecule has 1 unspecified atom stereocenters. The number of nitrogens with one attached hydrogen (secondary N) is 1. The Hall–Kier alpha value is -6.10. The summed E-state index contributed by atoms with van der Waals surface area (Å²) in [5.74, 6) is 0.254. The van der Waals surface area contributed by atoms with Crippen LogP contribution in [-0.4, -0.2) is 49.5 Å². The summed E-state index contributed by atoms with van der Waals surface area (Å²) in [4.78, 5) is 36.8. The minimum absolute atomic E-state index is 0.0717. The molecule has 1 aromatic heterocycles. The van der Waals surface area contributed by atoms with Crippen molar-refractivity contribution in [1.82, 2.24) is 15.3 Å². The SMILES string of the molecule is COc1ccc(OC(=O)NC(c2ccccc2)(c2ccccc2)C(Oc2nc(OC)cc(OC)n2)C(=O)OCc2ccccc2)cc1. The van der Waals surface area contributed by atoms with Crippen molar-refractivity contribution in [3.63, 3.8) is 0 Å². The summed E-state index contributed by atoms with van der Waals surface area (Å²) >= 11 is 0. The molecule has 1 amide bonds. The molecule has 47 heavy (non-hydrogen) atoms. The van der Waals surface area contributed by atoms with Gasteiger partial charge in [0.05, 0.1) is 27.4 Å². The van der Waals surface area contributed by atoms with Gasteiger partial charge in [0.2, 0.25) is 17.9 Å². The average molecular weight is 636 g/mol. The molecule has 5 rings (SSSR count). The molecule has 0 spiro atoms. The number of benzene rings is 4. The van der Waals surface area contributed by atoms with Crippen LogP contribution in [0, 0.1) is 0 Å². The Morgan fingerprint density at radius 1 is 0.681 bits per heavy atom. The number of hydrogen-bond acceptors (Lipinski definition) is 10. The lowest BCUT2D eigenvalue weighted by Crippen LogP contribution is -2.60. The Bertz CT molecular complexity index is 1690. The number of carbonyl (C=O) groups is 2. The zero-order valence-electron chi connectivity index (χ0n) is 26.0. The monoisotopic (exact) mass is 635 g/mol. The molecule has 240 valence electrons. The average Bonchev–Trinajstić information content (AvgIpc) is 3.13. The number of nitrogens with zero attached hydrogens (tertiary/aromatic N) is 2. The van der Waals surface area contributed by atoms with Gasteiger partial charge in [-0.2, -0.15) is 9.97 Å². The minimum Gasteiger partial charge on any atom is -0.497 e. The Labute approximate surface area is 272 Å². The number of carbonyl (C=O) groups excluding carboxylic acids is 2. The summed E-state index contributed by atoms with van der Waals surface area (Å²) in [5.41, 5.74) is -0.0425. The van der Waals surface area contributed by atoms with Crippen LogP contribution in [0.4, 0.5) is 4.79 Å². The fourth-order valence-corrected chi connectivity index (χ4v) is 4.89. The second-order valence-corrected chi connectivity index (χ2v) is 10.1. The van der Waals surface area contributed by atoms with E-state index in [0.717, 1.165) is 5.56 Å². The number of amides is 1. The van der Waals surface area contributed by atoms with Crippen LogP contribution in [0.15, 0.2) is 121 Å². The first kappa shape index (κ1) is 32.3. The van der Waals surface area contributed by atoms with Gasteiger partial charge in [0.15, 0.2) is 0 Å². The zero-order valence-corrected chi connectivity index (χ0v) is 26.0. The van der Waals surface area contributed by atoms with E-state index >= 15 is 0 Å². The van der Waals surface area contributed by atoms with E-state index in [2.05, 4.69) is 15.3 Å². The van der Waals surface area contributed by atoms with Gasteiger partial charge in [-0.05, 0) is 41.0 Å². The van der Waals surface area contributed by atoms with E-state index in [1.807, 2.05) is 42.5 Å². The van der Waals surface area contributed by atoms with Gasteiger partial charge in [-0.25, -0.2) is 9.59 Å². The molecular formula is C36H33N3O8. The third kappa shape index (κ3) is 7.77. The van der Waals surface area contributed by atoms with Gasteiger partial charge in [0.25, 0.3) is 0 Å². The molecule has 0 aliphatic heterocycles. The second-order valence-electron chi connectivity index (χ2n) is 10.1. The highest BCUT2D eigenvalue weighted by atomic mass is 16.6. The van der Waals surface area contributed by atoms with E-state index < -0.39 is 23.7 Å². The normalized spacial score (nSPS) is 11.5. The van der Waals surface area contributed by atoms with Gasteiger partial charge in [0.1, 0.15) is 23.6 Å². The van der Waals surface area contributed by atoms with E-state index in [9.17, 15) is 9.59 Å². The molecule has 0 radical (unpaired) electrons. The van der Waals surface area contributed by atoms with Crippen LogP contribution >= 0.6 is 0 Å². The minimum atomic E-state index is -1.75. The summed E-state index contributed by atoms with van der Waals surface area (Å²) < 4.78 is 33.8. The molecule has 0 fully saturated rings. The van der Waals surface area contributed by atoms with E-state index in [0.29, 0.717) is 16.9 Å². The molecule has 0 aliphatic carbocycles. The number of hydrogen-bond donors (Lipinski definition) is 1. The topological polar surface area (TPSA) is 127 Å². The number of rotatable bonds is 13. The Balaban J connectivity index is 1.66. The number of ether oxygens (including phenoxy) is 6. The van der Waals surface area contributed by atoms with Crippen molar-refractivity contribution in [3.8, 4) is 29.3 Å². The molecule has 11 heteroatoms. The molecule has 11 nitrogen and oxygen atoms in total. The standard InChI is InChI=1S/C36H33N3O8/c1-42-28-19-21-29(22-20-28)46-35(41)39-36(26-15-9-5-10-16-26,27-17-11-6-12-18-27)32(33(40)45-24-25-13-7-4-8-14-25)47-34-37-30(43-2)23-31(38-34)44-3/h4-23,32H,24H2,1-3H3,(H,39,41). The maximum absolute atomic E-state index is 14.4. The van der Waals surface area contributed by atoms with Crippen molar-refractivity contribution in [2.45, 2.75) is 18.2 Å². The quantitative estimate of drug-likeness (QED) is 0.160. The Morgan fingerprint density at radius 2 is 1.19 bits per heavy atom. The van der Waals surface area contributed by atoms with Crippen LogP contribution in [0.3, 0.4) is 0 Å². The lowest BCUT2D eigenvalue weighted by Gasteiger charge is -2.39. The summed E-state index contributed by atoms with van der Waals surface area (Å²) in [7, 11) is 4.38. The number of esters is 1. The molecule has 1 N–H and O–H groups in total. The molecule has 1 atom stereocenters. The molecule has 0 bridgehead atoms. The first-order valence-electron chi connectivity index (χ1n) is 14.5. The van der Waals surface area contributed by atoms with Gasteiger partial charge in [-0.3, -0.25) is 0 Å². The number of methoxy groups -OCH3 is 3. The maximum atomic E-state index is 14.4. The summed E-state index contributed by atoms with van der Waals surface area (Å²) in [6.45, 7) is -0.0717. The maximum Gasteiger partial charge on any atom is 0.413 e. The molecule has 1 heterocycles. The third-order valence-electron chi connectivity index (χ3n) is 7.16. The molecule has 5 aromatic rings. The molecule has 0 aliphatic rings. The van der Waals surface area contributed by atoms with Crippen molar-refractivity contribution >= 4 is 12.1 Å². The van der Waals surface area contributed by atoms with Crippen LogP contribution < -0.4 is 29.0 Å². The Morgan fingerprint density at radius 3 is 1.70 bits per heavy atom. The second kappa shape index (κ2) is 15.3. The van der Waals surface area contributed by atoms with Crippen LogP contribution in [0.5, 0.6) is 29.3 Å². The summed E-state index contributed by atoms with van der Waals surface area (Å²) in [5, 5.41) is 2.96. The van der Waals surface area contributed by atoms with Gasteiger partial charge >= 0.3 is 18.1 Å². The van der Waals surface area contributed by atoms with Crippen molar-refractivity contribution in [2.75, 3.05) is 21.3 Å². The first-order valence-corrected chi connectivity index (χ1v) is 14.5. The third-order valence-corrected chi connectivity index (χ3v) is 7.16. The van der Waals surface area contributed by atoms with Crippen molar-refractivity contribution in [3.05, 3.63) is 138 Å². The van der Waals surface area contributed by atoms with E-state index in [-0.39, 0.29) is 30.1 Å². The lowest BCUT2D eigenvalue weighted by atomic mass is 9.78. The molecule has 0 saturated heterocycles. The fourth-order valence-electron chi connectivity index (χ4n) is 4.89. The highest BCUT2D eigenvalue weighted by Gasteiger charge is 2.51. The van der Waals surface area contributed by atoms with Crippen LogP contribution in [0.25, 0.3) is 0 Å². The molecular weight excluding hydrogens is 602 g/mol. The fraction of sp³-hybridized carbons (Fsp3) is 0.167. The zero-order chi connectivity index (χ0) is 33.1. The van der Waals surface area contributed by atoms with Crippen LogP contribution in [-0.2, 0) is 21.7 Å². The predicted octanol–water partition coefficient (Wildman–Crippen LogP) is 5.73. The summed E-state index contributed by atoms with van der Waals surface area (Å²) in [6.07, 6.45) is -2.49. The first-order chi connectivity index (χ1) is 22.9. The van der Waals surface area contributed by atoms with Crippen LogP contribution in [0.2, 0.25) is 0 Å².